The minimum Gasteiger partial charge on any atom is -0.299 e. The Kier molecular flexibility index (Phi) is 4.16. The van der Waals surface area contributed by atoms with Crippen LogP contribution in [0.1, 0.15) is 30.5 Å². The number of Topliss-reactive ketones (excluding diaryl/α,β-unsaturated/α-hetero) is 1. The zero-order chi connectivity index (χ0) is 14.7. The van der Waals surface area contributed by atoms with E-state index >= 15 is 0 Å². The SMILES string of the molecule is CCC(=O)C1CN(C(c2ccccc2)c2ccccc2)C1. The Hall–Kier alpha value is -1.93. The fraction of sp³-hybridized carbons (Fsp3) is 0.316. The Morgan fingerprint density at radius 1 is 1.00 bits per heavy atom. The second-order valence-corrected chi connectivity index (χ2v) is 5.69. The number of hydrogen-bond donors (Lipinski definition) is 0. The number of ketones is 1. The molecule has 2 aromatic rings. The van der Waals surface area contributed by atoms with E-state index in [2.05, 4.69) is 53.4 Å². The summed E-state index contributed by atoms with van der Waals surface area (Å²) in [6.45, 7) is 3.71. The van der Waals surface area contributed by atoms with E-state index < -0.39 is 0 Å². The fourth-order valence-corrected chi connectivity index (χ4v) is 3.10. The van der Waals surface area contributed by atoms with Crippen molar-refractivity contribution in [3.05, 3.63) is 71.8 Å². The molecule has 0 aromatic heterocycles. The molecule has 0 unspecified atom stereocenters. The van der Waals surface area contributed by atoms with Gasteiger partial charge in [0.05, 0.1) is 6.04 Å². The molecule has 1 fully saturated rings. The van der Waals surface area contributed by atoms with Gasteiger partial charge < -0.3 is 0 Å². The van der Waals surface area contributed by atoms with Gasteiger partial charge in [-0.15, -0.1) is 0 Å². The molecule has 3 rings (SSSR count). The van der Waals surface area contributed by atoms with Crippen molar-refractivity contribution in [2.45, 2.75) is 19.4 Å². The smallest absolute Gasteiger partial charge is 0.138 e. The normalized spacial score (nSPS) is 15.9. The van der Waals surface area contributed by atoms with Crippen LogP contribution in [0.15, 0.2) is 60.7 Å². The molecule has 2 aromatic carbocycles. The third kappa shape index (κ3) is 2.91. The summed E-state index contributed by atoms with van der Waals surface area (Å²) >= 11 is 0. The first-order chi connectivity index (χ1) is 10.3. The van der Waals surface area contributed by atoms with Crippen LogP contribution in [-0.4, -0.2) is 23.8 Å². The monoisotopic (exact) mass is 279 g/mol. The molecule has 0 spiro atoms. The molecule has 1 aliphatic heterocycles. The van der Waals surface area contributed by atoms with Crippen molar-refractivity contribution in [1.29, 1.82) is 0 Å². The van der Waals surface area contributed by atoms with Crippen LogP contribution in [0.4, 0.5) is 0 Å². The topological polar surface area (TPSA) is 20.3 Å². The summed E-state index contributed by atoms with van der Waals surface area (Å²) in [4.78, 5) is 14.2. The van der Waals surface area contributed by atoms with Gasteiger partial charge in [0.1, 0.15) is 5.78 Å². The van der Waals surface area contributed by atoms with Crippen LogP contribution < -0.4 is 0 Å². The van der Waals surface area contributed by atoms with Crippen LogP contribution in [0, 0.1) is 5.92 Å². The van der Waals surface area contributed by atoms with Crippen LogP contribution in [0.5, 0.6) is 0 Å². The largest absolute Gasteiger partial charge is 0.299 e. The summed E-state index contributed by atoms with van der Waals surface area (Å²) in [6, 6.07) is 21.4. The first-order valence-electron chi connectivity index (χ1n) is 7.66. The van der Waals surface area contributed by atoms with E-state index in [-0.39, 0.29) is 12.0 Å². The summed E-state index contributed by atoms with van der Waals surface area (Å²) < 4.78 is 0. The highest BCUT2D eigenvalue weighted by Gasteiger charge is 2.36. The van der Waals surface area contributed by atoms with E-state index in [0.717, 1.165) is 13.1 Å². The number of likely N-dealkylation sites (tertiary alicyclic amines) is 1. The summed E-state index contributed by atoms with van der Waals surface area (Å²) in [5.41, 5.74) is 2.59. The zero-order valence-corrected chi connectivity index (χ0v) is 12.4. The van der Waals surface area contributed by atoms with Crippen LogP contribution in [0.2, 0.25) is 0 Å². The Morgan fingerprint density at radius 3 is 1.90 bits per heavy atom. The second kappa shape index (κ2) is 6.23. The van der Waals surface area contributed by atoms with Gasteiger partial charge in [-0.3, -0.25) is 9.69 Å². The van der Waals surface area contributed by atoms with Crippen molar-refractivity contribution < 1.29 is 4.79 Å². The summed E-state index contributed by atoms with van der Waals surface area (Å²) in [5, 5.41) is 0. The van der Waals surface area contributed by atoms with Gasteiger partial charge >= 0.3 is 0 Å². The predicted octanol–water partition coefficient (Wildman–Crippen LogP) is 3.69. The summed E-state index contributed by atoms with van der Waals surface area (Å²) in [5.74, 6) is 0.621. The van der Waals surface area contributed by atoms with Gasteiger partial charge in [-0.25, -0.2) is 0 Å². The van der Waals surface area contributed by atoms with Gasteiger partial charge in [-0.2, -0.15) is 0 Å². The minimum absolute atomic E-state index is 0.227. The molecule has 2 nitrogen and oxygen atoms in total. The van der Waals surface area contributed by atoms with E-state index in [4.69, 9.17) is 0 Å². The second-order valence-electron chi connectivity index (χ2n) is 5.69. The quantitative estimate of drug-likeness (QED) is 0.832. The molecule has 0 bridgehead atoms. The van der Waals surface area contributed by atoms with E-state index in [9.17, 15) is 4.79 Å². The number of carbonyl (C=O) groups excluding carboxylic acids is 1. The van der Waals surface area contributed by atoms with Crippen molar-refractivity contribution in [3.63, 3.8) is 0 Å². The number of hydrogen-bond acceptors (Lipinski definition) is 2. The molecule has 2 heteroatoms. The molecule has 21 heavy (non-hydrogen) atoms. The maximum Gasteiger partial charge on any atom is 0.138 e. The third-order valence-corrected chi connectivity index (χ3v) is 4.31. The zero-order valence-electron chi connectivity index (χ0n) is 12.4. The van der Waals surface area contributed by atoms with Crippen LogP contribution in [0.25, 0.3) is 0 Å². The number of benzene rings is 2. The van der Waals surface area contributed by atoms with E-state index in [1.807, 2.05) is 19.1 Å². The summed E-state index contributed by atoms with van der Waals surface area (Å²) in [6.07, 6.45) is 0.653. The van der Waals surface area contributed by atoms with Crippen LogP contribution in [0.3, 0.4) is 0 Å². The van der Waals surface area contributed by atoms with E-state index in [0.29, 0.717) is 12.2 Å². The first-order valence-corrected chi connectivity index (χ1v) is 7.66. The first kappa shape index (κ1) is 14.0. The lowest BCUT2D eigenvalue weighted by atomic mass is 9.87. The lowest BCUT2D eigenvalue weighted by Crippen LogP contribution is -2.51. The molecule has 1 aliphatic rings. The summed E-state index contributed by atoms with van der Waals surface area (Å²) in [7, 11) is 0. The average Bonchev–Trinajstić information content (AvgIpc) is 2.51. The van der Waals surface area contributed by atoms with Crippen LogP contribution >= 0.6 is 0 Å². The molecule has 0 saturated carbocycles. The highest BCUT2D eigenvalue weighted by molar-refractivity contribution is 5.82. The van der Waals surface area contributed by atoms with E-state index in [1.165, 1.54) is 11.1 Å². The van der Waals surface area contributed by atoms with Crippen molar-refractivity contribution in [2.24, 2.45) is 5.92 Å². The molecular formula is C19H21NO. The minimum atomic E-state index is 0.227. The molecule has 0 radical (unpaired) electrons. The van der Waals surface area contributed by atoms with Gasteiger partial charge in [0, 0.05) is 25.4 Å². The van der Waals surface area contributed by atoms with Crippen molar-refractivity contribution in [3.8, 4) is 0 Å². The van der Waals surface area contributed by atoms with Crippen molar-refractivity contribution >= 4 is 5.78 Å². The number of nitrogens with zero attached hydrogens (tertiary/aromatic N) is 1. The number of rotatable bonds is 5. The highest BCUT2D eigenvalue weighted by atomic mass is 16.1. The van der Waals surface area contributed by atoms with Gasteiger partial charge in [0.15, 0.2) is 0 Å². The standard InChI is InChI=1S/C19H21NO/c1-2-18(21)17-13-20(14-17)19(15-9-5-3-6-10-15)16-11-7-4-8-12-16/h3-12,17,19H,2,13-14H2,1H3. The van der Waals surface area contributed by atoms with Crippen molar-refractivity contribution in [2.75, 3.05) is 13.1 Å². The highest BCUT2D eigenvalue weighted by Crippen LogP contribution is 2.34. The molecular weight excluding hydrogens is 258 g/mol. The molecule has 0 N–H and O–H groups in total. The lowest BCUT2D eigenvalue weighted by molar-refractivity contribution is -0.128. The maximum absolute atomic E-state index is 11.8. The van der Waals surface area contributed by atoms with Gasteiger partial charge in [0.25, 0.3) is 0 Å². The van der Waals surface area contributed by atoms with Crippen molar-refractivity contribution in [1.82, 2.24) is 4.90 Å². The van der Waals surface area contributed by atoms with Gasteiger partial charge in [-0.1, -0.05) is 67.6 Å². The molecule has 0 aliphatic carbocycles. The van der Waals surface area contributed by atoms with E-state index in [1.54, 1.807) is 0 Å². The molecule has 0 atom stereocenters. The number of carbonyl (C=O) groups is 1. The molecule has 1 saturated heterocycles. The maximum atomic E-state index is 11.8. The van der Waals surface area contributed by atoms with Gasteiger partial charge in [0.2, 0.25) is 0 Å². The Bertz CT molecular complexity index is 548. The third-order valence-electron chi connectivity index (χ3n) is 4.31. The predicted molar refractivity (Wildman–Crippen MR) is 85.1 cm³/mol. The Morgan fingerprint density at radius 2 is 1.48 bits per heavy atom. The lowest BCUT2D eigenvalue weighted by Gasteiger charge is -2.44. The molecule has 108 valence electrons. The molecule has 1 heterocycles. The Balaban J connectivity index is 1.84. The van der Waals surface area contributed by atoms with Crippen LogP contribution in [-0.2, 0) is 4.79 Å². The average molecular weight is 279 g/mol. The fourth-order valence-electron chi connectivity index (χ4n) is 3.10. The van der Waals surface area contributed by atoms with Gasteiger partial charge in [-0.05, 0) is 11.1 Å². The Labute approximate surface area is 126 Å². The molecule has 0 amide bonds.